The fourth-order valence-corrected chi connectivity index (χ4v) is 5.83. The van der Waals surface area contributed by atoms with Gasteiger partial charge in [0.1, 0.15) is 0 Å². The van der Waals surface area contributed by atoms with Gasteiger partial charge >= 0.3 is 0 Å². The number of nitrogens with zero attached hydrogens (tertiary/aromatic N) is 4. The van der Waals surface area contributed by atoms with Crippen molar-refractivity contribution in [3.8, 4) is 0 Å². The van der Waals surface area contributed by atoms with Crippen LogP contribution in [-0.4, -0.2) is 92.3 Å². The van der Waals surface area contributed by atoms with E-state index in [2.05, 4.69) is 51.4 Å². The summed E-state index contributed by atoms with van der Waals surface area (Å²) in [6, 6.07) is 5.51. The van der Waals surface area contributed by atoms with Crippen LogP contribution in [0.3, 0.4) is 0 Å². The molecule has 1 N–H and O–H groups in total. The smallest absolute Gasteiger partial charge is 0.194 e. The van der Waals surface area contributed by atoms with Gasteiger partial charge in [-0.15, -0.1) is 11.3 Å². The zero-order chi connectivity index (χ0) is 20.8. The van der Waals surface area contributed by atoms with Crippen LogP contribution in [0.4, 0.5) is 0 Å². The first-order chi connectivity index (χ1) is 14.7. The summed E-state index contributed by atoms with van der Waals surface area (Å²) >= 11 is 1.88. The van der Waals surface area contributed by atoms with E-state index in [1.807, 2.05) is 11.3 Å². The summed E-state index contributed by atoms with van der Waals surface area (Å²) in [5, 5.41) is 5.78. The van der Waals surface area contributed by atoms with Gasteiger partial charge in [0.2, 0.25) is 0 Å². The number of ether oxygens (including phenoxy) is 1. The molecule has 0 aromatic carbocycles. The van der Waals surface area contributed by atoms with Gasteiger partial charge in [-0.2, -0.15) is 0 Å². The van der Waals surface area contributed by atoms with Crippen molar-refractivity contribution < 1.29 is 4.74 Å². The van der Waals surface area contributed by atoms with Gasteiger partial charge < -0.3 is 15.0 Å². The number of hydrogen-bond acceptors (Lipinski definition) is 5. The number of hydrogen-bond donors (Lipinski definition) is 1. The minimum atomic E-state index is 0.406. The summed E-state index contributed by atoms with van der Waals surface area (Å²) in [6.45, 7) is 14.8. The molecule has 1 aromatic heterocycles. The summed E-state index contributed by atoms with van der Waals surface area (Å²) in [6.07, 6.45) is 3.83. The maximum atomic E-state index is 5.54. The summed E-state index contributed by atoms with van der Waals surface area (Å²) in [5.74, 6) is 1.95. The molecular formula is C23H39N5OS. The van der Waals surface area contributed by atoms with Crippen molar-refractivity contribution in [1.29, 1.82) is 0 Å². The quantitative estimate of drug-likeness (QED) is 0.552. The zero-order valence-corrected chi connectivity index (χ0v) is 19.6. The Bertz CT molecular complexity index is 653. The minimum Gasteiger partial charge on any atom is -0.379 e. The Hall–Kier alpha value is -1.15. The van der Waals surface area contributed by atoms with Gasteiger partial charge in [0, 0.05) is 43.6 Å². The highest BCUT2D eigenvalue weighted by molar-refractivity contribution is 7.10. The Labute approximate surface area is 186 Å². The number of guanidine groups is 1. The maximum Gasteiger partial charge on any atom is 0.194 e. The predicted octanol–water partition coefficient (Wildman–Crippen LogP) is 2.89. The molecule has 168 valence electrons. The number of morpholine rings is 1. The van der Waals surface area contributed by atoms with Crippen LogP contribution < -0.4 is 5.32 Å². The van der Waals surface area contributed by atoms with E-state index >= 15 is 0 Å². The number of thiophene rings is 1. The summed E-state index contributed by atoms with van der Waals surface area (Å²) in [4.78, 5) is 14.4. The number of likely N-dealkylation sites (tertiary alicyclic amines) is 2. The maximum absolute atomic E-state index is 5.54. The minimum absolute atomic E-state index is 0.406. The molecule has 7 heteroatoms. The second-order valence-corrected chi connectivity index (χ2v) is 9.96. The number of rotatable bonds is 6. The van der Waals surface area contributed by atoms with Crippen molar-refractivity contribution in [2.45, 2.75) is 45.2 Å². The molecule has 0 amide bonds. The molecule has 3 saturated heterocycles. The molecule has 1 aromatic rings. The van der Waals surface area contributed by atoms with E-state index in [1.54, 1.807) is 0 Å². The summed E-state index contributed by atoms with van der Waals surface area (Å²) in [5.41, 5.74) is 0. The topological polar surface area (TPSA) is 43.3 Å². The first-order valence-electron chi connectivity index (χ1n) is 11.9. The van der Waals surface area contributed by atoms with Crippen molar-refractivity contribution in [2.24, 2.45) is 10.9 Å². The lowest BCUT2D eigenvalue weighted by Crippen LogP contribution is -2.47. The average Bonchev–Trinajstić information content (AvgIpc) is 3.48. The molecule has 0 bridgehead atoms. The first-order valence-corrected chi connectivity index (χ1v) is 12.7. The zero-order valence-electron chi connectivity index (χ0n) is 18.8. The van der Waals surface area contributed by atoms with Crippen LogP contribution in [0.5, 0.6) is 0 Å². The largest absolute Gasteiger partial charge is 0.379 e. The van der Waals surface area contributed by atoms with Gasteiger partial charge in [-0.05, 0) is 56.6 Å². The highest BCUT2D eigenvalue weighted by Gasteiger charge is 2.31. The van der Waals surface area contributed by atoms with Crippen molar-refractivity contribution in [2.75, 3.05) is 65.6 Å². The molecule has 6 nitrogen and oxygen atoms in total. The molecule has 4 rings (SSSR count). The molecule has 2 atom stereocenters. The van der Waals surface area contributed by atoms with Crippen LogP contribution in [0.25, 0.3) is 0 Å². The SMILES string of the molecule is CCNC(=NCC(c1cccs1)N1CCC(C)CC1)N1CCC(N2CCOCC2)C1. The molecule has 0 aliphatic carbocycles. The molecule has 3 aliphatic heterocycles. The molecular weight excluding hydrogens is 394 g/mol. The van der Waals surface area contributed by atoms with Crippen LogP contribution in [-0.2, 0) is 4.74 Å². The Morgan fingerprint density at radius 1 is 1.20 bits per heavy atom. The molecule has 0 saturated carbocycles. The highest BCUT2D eigenvalue weighted by Crippen LogP contribution is 2.30. The summed E-state index contributed by atoms with van der Waals surface area (Å²) < 4.78 is 5.54. The van der Waals surface area contributed by atoms with Crippen molar-refractivity contribution in [3.05, 3.63) is 22.4 Å². The van der Waals surface area contributed by atoms with Crippen LogP contribution in [0.2, 0.25) is 0 Å². The monoisotopic (exact) mass is 433 g/mol. The van der Waals surface area contributed by atoms with Crippen molar-refractivity contribution in [3.63, 3.8) is 0 Å². The fourth-order valence-electron chi connectivity index (χ4n) is 4.98. The molecule has 2 unspecified atom stereocenters. The van der Waals surface area contributed by atoms with Crippen molar-refractivity contribution >= 4 is 17.3 Å². The van der Waals surface area contributed by atoms with Gasteiger partial charge in [0.25, 0.3) is 0 Å². The second-order valence-electron chi connectivity index (χ2n) is 8.98. The Kier molecular flexibility index (Phi) is 8.04. The standard InChI is InChI=1S/C23H39N5OS/c1-3-24-23(28-11-8-20(18-28)26-12-14-29-15-13-26)25-17-21(22-5-4-16-30-22)27-9-6-19(2)7-10-27/h4-5,16,19-21H,3,6-15,17-18H2,1-2H3,(H,24,25). The predicted molar refractivity (Wildman–Crippen MR) is 125 cm³/mol. The van der Waals surface area contributed by atoms with Crippen LogP contribution in [0, 0.1) is 5.92 Å². The number of piperidine rings is 1. The first kappa shape index (κ1) is 22.1. The van der Waals surface area contributed by atoms with Crippen LogP contribution in [0.15, 0.2) is 22.5 Å². The third-order valence-electron chi connectivity index (χ3n) is 6.90. The van der Waals surface area contributed by atoms with Gasteiger partial charge in [0.15, 0.2) is 5.96 Å². The lowest BCUT2D eigenvalue weighted by molar-refractivity contribution is 0.0195. The lowest BCUT2D eigenvalue weighted by Gasteiger charge is -2.36. The number of aliphatic imine (C=N–C) groups is 1. The normalized spacial score (nSPS) is 26.3. The lowest BCUT2D eigenvalue weighted by atomic mass is 9.97. The van der Waals surface area contributed by atoms with Crippen LogP contribution in [0.1, 0.15) is 44.0 Å². The van der Waals surface area contributed by atoms with E-state index in [-0.39, 0.29) is 0 Å². The molecule has 3 aliphatic rings. The molecule has 3 fully saturated rings. The van der Waals surface area contributed by atoms with Crippen LogP contribution >= 0.6 is 11.3 Å². The van der Waals surface area contributed by atoms with E-state index in [0.717, 1.165) is 64.4 Å². The van der Waals surface area contributed by atoms with Gasteiger partial charge in [-0.1, -0.05) is 13.0 Å². The Morgan fingerprint density at radius 2 is 2.00 bits per heavy atom. The van der Waals surface area contributed by atoms with E-state index in [1.165, 1.54) is 37.2 Å². The van der Waals surface area contributed by atoms with Crippen molar-refractivity contribution in [1.82, 2.24) is 20.0 Å². The number of nitrogens with one attached hydrogen (secondary N) is 1. The van der Waals surface area contributed by atoms with E-state index in [4.69, 9.17) is 9.73 Å². The molecule has 0 spiro atoms. The second kappa shape index (κ2) is 10.9. The average molecular weight is 434 g/mol. The van der Waals surface area contributed by atoms with E-state index in [0.29, 0.717) is 12.1 Å². The Balaban J connectivity index is 1.42. The molecule has 30 heavy (non-hydrogen) atoms. The third-order valence-corrected chi connectivity index (χ3v) is 7.88. The summed E-state index contributed by atoms with van der Waals surface area (Å²) in [7, 11) is 0. The third kappa shape index (κ3) is 5.55. The Morgan fingerprint density at radius 3 is 2.70 bits per heavy atom. The van der Waals surface area contributed by atoms with Gasteiger partial charge in [-0.3, -0.25) is 14.8 Å². The molecule has 4 heterocycles. The molecule has 0 radical (unpaired) electrons. The van der Waals surface area contributed by atoms with Gasteiger partial charge in [-0.25, -0.2) is 0 Å². The van der Waals surface area contributed by atoms with E-state index in [9.17, 15) is 0 Å². The highest BCUT2D eigenvalue weighted by atomic mass is 32.1. The fraction of sp³-hybridized carbons (Fsp3) is 0.783. The van der Waals surface area contributed by atoms with Gasteiger partial charge in [0.05, 0.1) is 25.8 Å². The van der Waals surface area contributed by atoms with E-state index < -0.39 is 0 Å².